The first kappa shape index (κ1) is 18.7. The Morgan fingerprint density at radius 3 is 2.89 bits per heavy atom. The average molecular weight is 384 g/mol. The first-order valence-electron chi connectivity index (χ1n) is 9.73. The van der Waals surface area contributed by atoms with Gasteiger partial charge in [-0.05, 0) is 37.6 Å². The van der Waals surface area contributed by atoms with Gasteiger partial charge >= 0.3 is 0 Å². The first-order chi connectivity index (χ1) is 13.6. The molecule has 148 valence electrons. The molecule has 2 aliphatic heterocycles. The molecule has 1 aromatic heterocycles. The number of rotatable bonds is 7. The molecule has 0 aliphatic carbocycles. The number of anilines is 1. The quantitative estimate of drug-likeness (QED) is 0.768. The first-order valence-corrected chi connectivity index (χ1v) is 9.73. The van der Waals surface area contributed by atoms with Crippen molar-refractivity contribution in [2.24, 2.45) is 5.92 Å². The predicted molar refractivity (Wildman–Crippen MR) is 105 cm³/mol. The van der Waals surface area contributed by atoms with Gasteiger partial charge in [-0.3, -0.25) is 4.79 Å². The van der Waals surface area contributed by atoms with Crippen LogP contribution in [-0.4, -0.2) is 42.0 Å². The number of nitrogens with one attached hydrogen (secondary N) is 2. The Kier molecular flexibility index (Phi) is 5.17. The molecule has 2 aliphatic rings. The fourth-order valence-electron chi connectivity index (χ4n) is 3.53. The average Bonchev–Trinajstić information content (AvgIpc) is 2.99. The standard InChI is InChI=1S/C21H25FN4O2/c1-3-26-11-17-16(21(26)27)6-7-24-20(17)25-13(2)15-4-5-19(18(22)8-15)28-12-14-9-23-10-14/h4-8,13-14,23H,3,9-12H2,1-2H3,(H,24,25). The van der Waals surface area contributed by atoms with E-state index in [9.17, 15) is 9.18 Å². The minimum atomic E-state index is -0.364. The zero-order chi connectivity index (χ0) is 19.7. The van der Waals surface area contributed by atoms with Gasteiger partial charge in [0.25, 0.3) is 5.91 Å². The van der Waals surface area contributed by atoms with Crippen LogP contribution in [0.15, 0.2) is 30.5 Å². The van der Waals surface area contributed by atoms with Crippen molar-refractivity contribution in [3.8, 4) is 5.75 Å². The molecule has 4 rings (SSSR count). The van der Waals surface area contributed by atoms with Crippen LogP contribution in [0.5, 0.6) is 5.75 Å². The molecule has 2 N–H and O–H groups in total. The summed E-state index contributed by atoms with van der Waals surface area (Å²) in [6.07, 6.45) is 1.64. The minimum Gasteiger partial charge on any atom is -0.490 e. The summed E-state index contributed by atoms with van der Waals surface area (Å²) in [5.74, 6) is 1.08. The number of hydrogen-bond donors (Lipinski definition) is 2. The van der Waals surface area contributed by atoms with Gasteiger partial charge in [-0.2, -0.15) is 0 Å². The molecule has 7 heteroatoms. The third kappa shape index (κ3) is 3.54. The summed E-state index contributed by atoms with van der Waals surface area (Å²) in [5.41, 5.74) is 2.38. The number of hydrogen-bond acceptors (Lipinski definition) is 5. The normalized spacial score (nSPS) is 17.2. The molecule has 0 spiro atoms. The number of aromatic nitrogens is 1. The molecule has 1 atom stereocenters. The van der Waals surface area contributed by atoms with Crippen molar-refractivity contribution in [2.45, 2.75) is 26.4 Å². The van der Waals surface area contributed by atoms with Gasteiger partial charge in [-0.25, -0.2) is 9.37 Å². The van der Waals surface area contributed by atoms with E-state index in [0.29, 0.717) is 37.0 Å². The highest BCUT2D eigenvalue weighted by Gasteiger charge is 2.29. The second-order valence-electron chi connectivity index (χ2n) is 7.40. The fraction of sp³-hybridized carbons (Fsp3) is 0.429. The van der Waals surface area contributed by atoms with Gasteiger partial charge in [0, 0.05) is 42.9 Å². The van der Waals surface area contributed by atoms with Gasteiger partial charge in [0.2, 0.25) is 0 Å². The maximum absolute atomic E-state index is 14.5. The van der Waals surface area contributed by atoms with Crippen LogP contribution in [0.3, 0.4) is 0 Å². The van der Waals surface area contributed by atoms with Crippen molar-refractivity contribution in [1.82, 2.24) is 15.2 Å². The van der Waals surface area contributed by atoms with Crippen molar-refractivity contribution in [2.75, 3.05) is 31.6 Å². The number of carbonyl (C=O) groups is 1. The monoisotopic (exact) mass is 384 g/mol. The van der Waals surface area contributed by atoms with E-state index in [2.05, 4.69) is 15.6 Å². The van der Waals surface area contributed by atoms with Crippen molar-refractivity contribution in [3.05, 3.63) is 53.0 Å². The van der Waals surface area contributed by atoms with E-state index >= 15 is 0 Å². The van der Waals surface area contributed by atoms with Crippen LogP contribution in [0.4, 0.5) is 10.2 Å². The van der Waals surface area contributed by atoms with Crippen LogP contribution in [0.2, 0.25) is 0 Å². The Hall–Kier alpha value is -2.67. The van der Waals surface area contributed by atoms with E-state index in [1.807, 2.05) is 19.9 Å². The molecule has 1 amide bonds. The zero-order valence-corrected chi connectivity index (χ0v) is 16.2. The Labute approximate surface area is 164 Å². The number of pyridine rings is 1. The van der Waals surface area contributed by atoms with Gasteiger partial charge in [-0.15, -0.1) is 0 Å². The highest BCUT2D eigenvalue weighted by atomic mass is 19.1. The van der Waals surface area contributed by atoms with Crippen LogP contribution in [0, 0.1) is 11.7 Å². The summed E-state index contributed by atoms with van der Waals surface area (Å²) in [6.45, 7) is 7.49. The van der Waals surface area contributed by atoms with Crippen LogP contribution in [-0.2, 0) is 6.54 Å². The molecule has 1 fully saturated rings. The molecule has 1 saturated heterocycles. The van der Waals surface area contributed by atoms with Crippen molar-refractivity contribution >= 4 is 11.7 Å². The number of carbonyl (C=O) groups excluding carboxylic acids is 1. The van der Waals surface area contributed by atoms with E-state index in [1.165, 1.54) is 6.07 Å². The van der Waals surface area contributed by atoms with E-state index in [4.69, 9.17) is 4.74 Å². The summed E-state index contributed by atoms with van der Waals surface area (Å²) in [5, 5.41) is 6.51. The van der Waals surface area contributed by atoms with E-state index < -0.39 is 0 Å². The number of halogens is 1. The molecule has 0 saturated carbocycles. The van der Waals surface area contributed by atoms with Gasteiger partial charge in [-0.1, -0.05) is 6.07 Å². The Morgan fingerprint density at radius 1 is 1.39 bits per heavy atom. The molecule has 28 heavy (non-hydrogen) atoms. The molecular weight excluding hydrogens is 359 g/mol. The summed E-state index contributed by atoms with van der Waals surface area (Å²) in [6, 6.07) is 6.64. The third-order valence-electron chi connectivity index (χ3n) is 5.45. The molecule has 1 unspecified atom stereocenters. The summed E-state index contributed by atoms with van der Waals surface area (Å²) in [4.78, 5) is 18.5. The largest absolute Gasteiger partial charge is 0.490 e. The molecule has 6 nitrogen and oxygen atoms in total. The maximum Gasteiger partial charge on any atom is 0.254 e. The highest BCUT2D eigenvalue weighted by Crippen LogP contribution is 2.30. The minimum absolute atomic E-state index is 0.0322. The number of nitrogens with zero attached hydrogens (tertiary/aromatic N) is 2. The topological polar surface area (TPSA) is 66.5 Å². The van der Waals surface area contributed by atoms with Gasteiger partial charge in [0.1, 0.15) is 5.82 Å². The summed E-state index contributed by atoms with van der Waals surface area (Å²) < 4.78 is 20.1. The van der Waals surface area contributed by atoms with E-state index in [-0.39, 0.29) is 23.5 Å². The second kappa shape index (κ2) is 7.75. The van der Waals surface area contributed by atoms with Crippen LogP contribution in [0.1, 0.15) is 41.4 Å². The number of fused-ring (bicyclic) bond motifs is 1. The molecule has 1 aromatic carbocycles. The molecular formula is C21H25FN4O2. The Morgan fingerprint density at radius 2 is 2.21 bits per heavy atom. The molecule has 0 radical (unpaired) electrons. The predicted octanol–water partition coefficient (Wildman–Crippen LogP) is 2.97. The van der Waals surface area contributed by atoms with Crippen molar-refractivity contribution < 1.29 is 13.9 Å². The Bertz CT molecular complexity index is 885. The Balaban J connectivity index is 1.46. The lowest BCUT2D eigenvalue weighted by molar-refractivity contribution is 0.0787. The van der Waals surface area contributed by atoms with Crippen LogP contribution >= 0.6 is 0 Å². The zero-order valence-electron chi connectivity index (χ0n) is 16.2. The van der Waals surface area contributed by atoms with Gasteiger partial charge in [0.05, 0.1) is 19.2 Å². The van der Waals surface area contributed by atoms with Crippen LogP contribution < -0.4 is 15.4 Å². The number of ether oxygens (including phenoxy) is 1. The number of amides is 1. The maximum atomic E-state index is 14.5. The van der Waals surface area contributed by atoms with Gasteiger partial charge < -0.3 is 20.3 Å². The van der Waals surface area contributed by atoms with E-state index in [1.54, 1.807) is 23.2 Å². The van der Waals surface area contributed by atoms with Crippen molar-refractivity contribution in [3.63, 3.8) is 0 Å². The van der Waals surface area contributed by atoms with Gasteiger partial charge in [0.15, 0.2) is 11.6 Å². The summed E-state index contributed by atoms with van der Waals surface area (Å²) >= 11 is 0. The molecule has 0 bridgehead atoms. The highest BCUT2D eigenvalue weighted by molar-refractivity contribution is 5.99. The van der Waals surface area contributed by atoms with E-state index in [0.717, 1.165) is 24.2 Å². The SMILES string of the molecule is CCN1Cc2c(ccnc2NC(C)c2ccc(OCC3CNC3)c(F)c2)C1=O. The lowest BCUT2D eigenvalue weighted by Gasteiger charge is -2.27. The lowest BCUT2D eigenvalue weighted by Crippen LogP contribution is -2.45. The molecule has 2 aromatic rings. The smallest absolute Gasteiger partial charge is 0.254 e. The fourth-order valence-corrected chi connectivity index (χ4v) is 3.53. The lowest BCUT2D eigenvalue weighted by atomic mass is 10.1. The molecule has 3 heterocycles. The van der Waals surface area contributed by atoms with Crippen LogP contribution in [0.25, 0.3) is 0 Å². The summed E-state index contributed by atoms with van der Waals surface area (Å²) in [7, 11) is 0. The second-order valence-corrected chi connectivity index (χ2v) is 7.40. The number of benzene rings is 1. The van der Waals surface area contributed by atoms with Crippen molar-refractivity contribution in [1.29, 1.82) is 0 Å². The third-order valence-corrected chi connectivity index (χ3v) is 5.45.